The molecule has 1 heterocycles. The van der Waals surface area contributed by atoms with Gasteiger partial charge < -0.3 is 9.30 Å². The minimum Gasteiger partial charge on any atom is -0.497 e. The molecule has 3 aromatic rings. The van der Waals surface area contributed by atoms with E-state index in [2.05, 4.69) is 61.4 Å². The Hall–Kier alpha value is -2.48. The lowest BCUT2D eigenvalue weighted by Crippen LogP contribution is -1.97. The molecule has 0 spiro atoms. The van der Waals surface area contributed by atoms with E-state index >= 15 is 0 Å². The van der Waals surface area contributed by atoms with E-state index in [1.807, 2.05) is 12.1 Å². The van der Waals surface area contributed by atoms with E-state index in [1.165, 1.54) is 22.2 Å². The molecule has 0 atom stereocenters. The molecule has 0 saturated heterocycles. The van der Waals surface area contributed by atoms with Gasteiger partial charge in [0, 0.05) is 28.7 Å². The van der Waals surface area contributed by atoms with Crippen molar-refractivity contribution >= 4 is 16.5 Å². The number of hydrogen-bond donors (Lipinski definition) is 0. The number of nitrogens with zero attached hydrogens (tertiary/aromatic N) is 1. The normalized spacial score (nSPS) is 10.9. The summed E-state index contributed by atoms with van der Waals surface area (Å²) in [6.07, 6.45) is 0. The van der Waals surface area contributed by atoms with Crippen LogP contribution in [-0.4, -0.2) is 11.7 Å². The zero-order chi connectivity index (χ0) is 15.7. The van der Waals surface area contributed by atoms with Crippen LogP contribution in [0.1, 0.15) is 23.7 Å². The van der Waals surface area contributed by atoms with Gasteiger partial charge >= 0.3 is 0 Å². The average molecular weight is 291 g/mol. The maximum atomic E-state index is 5.24. The minimum absolute atomic E-state index is 0.865. The van der Waals surface area contributed by atoms with Gasteiger partial charge in [0.1, 0.15) is 5.75 Å². The van der Waals surface area contributed by atoms with Gasteiger partial charge in [0.2, 0.25) is 0 Å². The van der Waals surface area contributed by atoms with Crippen LogP contribution < -0.4 is 4.74 Å². The van der Waals surface area contributed by atoms with E-state index in [4.69, 9.17) is 4.74 Å². The number of ether oxygens (including phenoxy) is 1. The highest BCUT2D eigenvalue weighted by molar-refractivity contribution is 5.98. The highest BCUT2D eigenvalue weighted by Gasteiger charge is 2.16. The molecule has 0 amide bonds. The van der Waals surface area contributed by atoms with Crippen LogP contribution in [0, 0.1) is 6.92 Å². The summed E-state index contributed by atoms with van der Waals surface area (Å²) < 4.78 is 7.58. The first kappa shape index (κ1) is 14.5. The zero-order valence-electron chi connectivity index (χ0n) is 13.4. The molecule has 0 radical (unpaired) electrons. The maximum absolute atomic E-state index is 5.24. The third-order valence-electron chi connectivity index (χ3n) is 4.29. The Morgan fingerprint density at radius 2 is 1.77 bits per heavy atom. The first-order valence-electron chi connectivity index (χ1n) is 7.59. The second kappa shape index (κ2) is 5.72. The SMILES string of the molecule is C=C(c1ccc(OC)cc1)c1c(C)n(CC)c2ccccc12. The van der Waals surface area contributed by atoms with Crippen LogP contribution in [-0.2, 0) is 6.54 Å². The van der Waals surface area contributed by atoms with Gasteiger partial charge in [0.15, 0.2) is 0 Å². The van der Waals surface area contributed by atoms with Gasteiger partial charge in [0.25, 0.3) is 0 Å². The van der Waals surface area contributed by atoms with Crippen LogP contribution >= 0.6 is 0 Å². The van der Waals surface area contributed by atoms with Crippen molar-refractivity contribution in [3.63, 3.8) is 0 Å². The largest absolute Gasteiger partial charge is 0.497 e. The van der Waals surface area contributed by atoms with Crippen LogP contribution in [0.15, 0.2) is 55.1 Å². The van der Waals surface area contributed by atoms with Crippen molar-refractivity contribution < 1.29 is 4.74 Å². The molecular formula is C20H21NO. The third-order valence-corrected chi connectivity index (χ3v) is 4.29. The summed E-state index contributed by atoms with van der Waals surface area (Å²) in [4.78, 5) is 0. The Bertz CT molecular complexity index is 825. The molecule has 0 aliphatic rings. The Labute approximate surface area is 131 Å². The second-order valence-corrected chi connectivity index (χ2v) is 5.43. The number of aromatic nitrogens is 1. The molecule has 0 fully saturated rings. The summed E-state index contributed by atoms with van der Waals surface area (Å²) >= 11 is 0. The fourth-order valence-electron chi connectivity index (χ4n) is 3.16. The van der Waals surface area contributed by atoms with Crippen molar-refractivity contribution in [2.45, 2.75) is 20.4 Å². The first-order valence-corrected chi connectivity index (χ1v) is 7.59. The zero-order valence-corrected chi connectivity index (χ0v) is 13.4. The van der Waals surface area contributed by atoms with Crippen LogP contribution in [0.25, 0.3) is 16.5 Å². The summed E-state index contributed by atoms with van der Waals surface area (Å²) in [5.41, 5.74) is 5.96. The van der Waals surface area contributed by atoms with Crippen molar-refractivity contribution in [2.75, 3.05) is 7.11 Å². The van der Waals surface area contributed by atoms with E-state index in [1.54, 1.807) is 7.11 Å². The molecule has 1 aromatic heterocycles. The fourth-order valence-corrected chi connectivity index (χ4v) is 3.16. The predicted molar refractivity (Wildman–Crippen MR) is 93.5 cm³/mol. The molecule has 2 aromatic carbocycles. The third kappa shape index (κ3) is 2.21. The minimum atomic E-state index is 0.865. The van der Waals surface area contributed by atoms with Gasteiger partial charge in [-0.1, -0.05) is 36.9 Å². The summed E-state index contributed by atoms with van der Waals surface area (Å²) in [5.74, 6) is 0.865. The number of benzene rings is 2. The molecule has 0 N–H and O–H groups in total. The van der Waals surface area contributed by atoms with Crippen LogP contribution in [0.5, 0.6) is 5.75 Å². The number of rotatable bonds is 4. The van der Waals surface area contributed by atoms with Gasteiger partial charge in [-0.05, 0) is 43.2 Å². The van der Waals surface area contributed by atoms with Crippen LogP contribution in [0.3, 0.4) is 0 Å². The molecule has 0 aliphatic carbocycles. The van der Waals surface area contributed by atoms with Crippen molar-refractivity contribution in [3.8, 4) is 5.75 Å². The lowest BCUT2D eigenvalue weighted by molar-refractivity contribution is 0.415. The van der Waals surface area contributed by atoms with E-state index in [0.29, 0.717) is 0 Å². The predicted octanol–water partition coefficient (Wildman–Crippen LogP) is 5.04. The van der Waals surface area contributed by atoms with Crippen molar-refractivity contribution in [1.82, 2.24) is 4.57 Å². The van der Waals surface area contributed by atoms with Gasteiger partial charge in [-0.3, -0.25) is 0 Å². The van der Waals surface area contributed by atoms with Crippen molar-refractivity contribution in [3.05, 3.63) is 71.9 Å². The van der Waals surface area contributed by atoms with E-state index in [9.17, 15) is 0 Å². The molecule has 2 heteroatoms. The molecule has 0 aliphatic heterocycles. The van der Waals surface area contributed by atoms with E-state index < -0.39 is 0 Å². The highest BCUT2D eigenvalue weighted by atomic mass is 16.5. The Balaban J connectivity index is 2.16. The Morgan fingerprint density at radius 3 is 2.41 bits per heavy atom. The van der Waals surface area contributed by atoms with Gasteiger partial charge in [0.05, 0.1) is 7.11 Å². The summed E-state index contributed by atoms with van der Waals surface area (Å²) in [7, 11) is 1.68. The van der Waals surface area contributed by atoms with Gasteiger partial charge in [-0.25, -0.2) is 0 Å². The molecule has 0 saturated carbocycles. The fraction of sp³-hybridized carbons (Fsp3) is 0.200. The highest BCUT2D eigenvalue weighted by Crippen LogP contribution is 2.34. The lowest BCUT2D eigenvalue weighted by atomic mass is 9.97. The Kier molecular flexibility index (Phi) is 3.76. The van der Waals surface area contributed by atoms with Gasteiger partial charge in [-0.2, -0.15) is 0 Å². The summed E-state index contributed by atoms with van der Waals surface area (Å²) in [6, 6.07) is 16.6. The summed E-state index contributed by atoms with van der Waals surface area (Å²) in [6.45, 7) is 9.67. The standard InChI is InChI=1S/C20H21NO/c1-5-21-15(3)20(18-8-6-7-9-19(18)21)14(2)16-10-12-17(22-4)13-11-16/h6-13H,2,5H2,1,3-4H3. The molecule has 2 nitrogen and oxygen atoms in total. The number of aryl methyl sites for hydroxylation is 1. The van der Waals surface area contributed by atoms with E-state index in [0.717, 1.165) is 23.4 Å². The molecule has 22 heavy (non-hydrogen) atoms. The van der Waals surface area contributed by atoms with Crippen molar-refractivity contribution in [1.29, 1.82) is 0 Å². The molecular weight excluding hydrogens is 270 g/mol. The molecule has 0 bridgehead atoms. The van der Waals surface area contributed by atoms with Gasteiger partial charge in [-0.15, -0.1) is 0 Å². The van der Waals surface area contributed by atoms with E-state index in [-0.39, 0.29) is 0 Å². The topological polar surface area (TPSA) is 14.2 Å². The lowest BCUT2D eigenvalue weighted by Gasteiger charge is -2.09. The quantitative estimate of drug-likeness (QED) is 0.657. The summed E-state index contributed by atoms with van der Waals surface area (Å²) in [5, 5.41) is 1.27. The Morgan fingerprint density at radius 1 is 1.09 bits per heavy atom. The molecule has 3 rings (SSSR count). The number of fused-ring (bicyclic) bond motifs is 1. The monoisotopic (exact) mass is 291 g/mol. The number of para-hydroxylation sites is 1. The average Bonchev–Trinajstić information content (AvgIpc) is 2.85. The number of hydrogen-bond acceptors (Lipinski definition) is 1. The van der Waals surface area contributed by atoms with Crippen LogP contribution in [0.4, 0.5) is 0 Å². The second-order valence-electron chi connectivity index (χ2n) is 5.43. The number of methoxy groups -OCH3 is 1. The first-order chi connectivity index (χ1) is 10.7. The van der Waals surface area contributed by atoms with Crippen molar-refractivity contribution in [2.24, 2.45) is 0 Å². The maximum Gasteiger partial charge on any atom is 0.118 e. The molecule has 0 unspecified atom stereocenters. The smallest absolute Gasteiger partial charge is 0.118 e. The molecule has 112 valence electrons. The van der Waals surface area contributed by atoms with Crippen LogP contribution in [0.2, 0.25) is 0 Å².